The molecule has 7 heteroatoms. The van der Waals surface area contributed by atoms with E-state index in [-0.39, 0.29) is 16.7 Å². The van der Waals surface area contributed by atoms with Gasteiger partial charge in [-0.15, -0.1) is 0 Å². The fourth-order valence-electron chi connectivity index (χ4n) is 3.72. The Labute approximate surface area is 161 Å². The highest BCUT2D eigenvalue weighted by Gasteiger charge is 2.27. The average molecular weight is 393 g/mol. The van der Waals surface area contributed by atoms with Crippen molar-refractivity contribution in [1.82, 2.24) is 9.62 Å². The highest BCUT2D eigenvalue weighted by molar-refractivity contribution is 7.89. The van der Waals surface area contributed by atoms with Crippen molar-refractivity contribution in [1.29, 1.82) is 0 Å². The minimum atomic E-state index is -3.56. The molecule has 1 unspecified atom stereocenters. The van der Waals surface area contributed by atoms with E-state index in [9.17, 15) is 13.2 Å². The number of nitrogens with one attached hydrogen (secondary N) is 1. The molecule has 0 radical (unpaired) electrons. The van der Waals surface area contributed by atoms with Gasteiger partial charge in [-0.05, 0) is 68.7 Å². The molecular weight excluding hydrogens is 364 g/mol. The number of carbonyl (C=O) groups is 1. The Morgan fingerprint density at radius 2 is 2.00 bits per heavy atom. The molecule has 6 nitrogen and oxygen atoms in total. The van der Waals surface area contributed by atoms with Crippen LogP contribution in [0.15, 0.2) is 40.8 Å². The Morgan fingerprint density at radius 3 is 2.67 bits per heavy atom. The molecule has 1 aliphatic carbocycles. The van der Waals surface area contributed by atoms with Gasteiger partial charge >= 0.3 is 0 Å². The number of benzene rings is 1. The summed E-state index contributed by atoms with van der Waals surface area (Å²) in [5.41, 5.74) is 0.931. The van der Waals surface area contributed by atoms with Crippen LogP contribution >= 0.6 is 0 Å². The first-order valence-electron chi connectivity index (χ1n) is 9.61. The van der Waals surface area contributed by atoms with E-state index in [2.05, 4.69) is 10.8 Å². The molecule has 27 heavy (non-hydrogen) atoms. The topological polar surface area (TPSA) is 75.7 Å². The largest absolute Gasteiger partial charge is 0.497 e. The zero-order chi connectivity index (χ0) is 19.3. The molecule has 1 aromatic rings. The average Bonchev–Trinajstić information content (AvgIpc) is 2.72. The van der Waals surface area contributed by atoms with Gasteiger partial charge in [0.15, 0.2) is 0 Å². The number of rotatable bonds is 6. The van der Waals surface area contributed by atoms with Crippen LogP contribution in [0.5, 0.6) is 5.75 Å². The fourth-order valence-corrected chi connectivity index (χ4v) is 4.83. The smallest absolute Gasteiger partial charge is 0.249 e. The lowest BCUT2D eigenvalue weighted by Gasteiger charge is -2.34. The van der Waals surface area contributed by atoms with Crippen LogP contribution in [0.25, 0.3) is 0 Å². The minimum absolute atomic E-state index is 0.136. The van der Waals surface area contributed by atoms with Crippen molar-refractivity contribution in [2.24, 2.45) is 5.92 Å². The maximum Gasteiger partial charge on any atom is 0.249 e. The number of sulfonamides is 1. The first kappa shape index (κ1) is 19.9. The highest BCUT2D eigenvalue weighted by atomic mass is 32.2. The lowest BCUT2D eigenvalue weighted by Crippen LogP contribution is -2.44. The van der Waals surface area contributed by atoms with Crippen molar-refractivity contribution < 1.29 is 17.9 Å². The van der Waals surface area contributed by atoms with Gasteiger partial charge in [0, 0.05) is 25.2 Å². The maximum absolute atomic E-state index is 12.7. The van der Waals surface area contributed by atoms with Crippen molar-refractivity contribution in [3.05, 3.63) is 35.9 Å². The van der Waals surface area contributed by atoms with E-state index in [1.165, 1.54) is 12.1 Å². The van der Waals surface area contributed by atoms with Crippen LogP contribution < -0.4 is 9.46 Å². The molecule has 1 atom stereocenters. The molecule has 0 spiro atoms. The van der Waals surface area contributed by atoms with Gasteiger partial charge in [-0.2, -0.15) is 0 Å². The molecule has 1 amide bonds. The molecule has 0 aromatic heterocycles. The second kappa shape index (κ2) is 8.89. The third-order valence-electron chi connectivity index (χ3n) is 5.30. The van der Waals surface area contributed by atoms with Crippen LogP contribution in [0.3, 0.4) is 0 Å². The molecular formula is C20H28N2O4S. The van der Waals surface area contributed by atoms with Crippen molar-refractivity contribution in [3.63, 3.8) is 0 Å². The molecule has 1 aromatic carbocycles. The molecule has 3 rings (SSSR count). The monoisotopic (exact) mass is 392 g/mol. The third kappa shape index (κ3) is 5.11. The third-order valence-corrected chi connectivity index (χ3v) is 6.74. The molecule has 1 aliphatic heterocycles. The van der Waals surface area contributed by atoms with Crippen LogP contribution in [0.4, 0.5) is 0 Å². The van der Waals surface area contributed by atoms with E-state index in [0.29, 0.717) is 18.8 Å². The molecule has 2 aliphatic rings. The number of carbonyl (C=O) groups excluding carboxylic acids is 1. The summed E-state index contributed by atoms with van der Waals surface area (Å²) in [6.07, 6.45) is 8.00. The number of piperidine rings is 1. The van der Waals surface area contributed by atoms with Crippen molar-refractivity contribution in [2.75, 3.05) is 26.7 Å². The fraction of sp³-hybridized carbons (Fsp3) is 0.550. The number of ether oxygens (including phenoxy) is 1. The number of allylic oxidation sites excluding steroid dienone is 1. The summed E-state index contributed by atoms with van der Waals surface area (Å²) in [7, 11) is -2.02. The molecule has 148 valence electrons. The SMILES string of the molecule is COc1ccc(S(=O)(=O)NCC2CCCN(C(=O)C3=CCCCC3)C2)cc1. The normalized spacial score (nSPS) is 20.9. The van der Waals surface area contributed by atoms with Gasteiger partial charge in [-0.1, -0.05) is 6.08 Å². The first-order chi connectivity index (χ1) is 13.0. The minimum Gasteiger partial charge on any atom is -0.497 e. The standard InChI is InChI=1S/C20H28N2O4S/c1-26-18-9-11-19(12-10-18)27(24,25)21-14-16-6-5-13-22(15-16)20(23)17-7-3-2-4-8-17/h7,9-12,16,21H,2-6,8,13-15H2,1H3. The number of methoxy groups -OCH3 is 1. The summed E-state index contributed by atoms with van der Waals surface area (Å²) in [4.78, 5) is 14.8. The van der Waals surface area contributed by atoms with Gasteiger partial charge in [-0.3, -0.25) is 4.79 Å². The van der Waals surface area contributed by atoms with Crippen molar-refractivity contribution >= 4 is 15.9 Å². The Kier molecular flexibility index (Phi) is 6.55. The molecule has 0 saturated carbocycles. The zero-order valence-corrected chi connectivity index (χ0v) is 16.6. The molecule has 1 heterocycles. The second-order valence-electron chi connectivity index (χ2n) is 7.26. The Hall–Kier alpha value is -1.86. The summed E-state index contributed by atoms with van der Waals surface area (Å²) >= 11 is 0. The summed E-state index contributed by atoms with van der Waals surface area (Å²) < 4.78 is 32.8. The number of nitrogens with zero attached hydrogens (tertiary/aromatic N) is 1. The predicted octanol–water partition coefficient (Wildman–Crippen LogP) is 2.71. The van der Waals surface area contributed by atoms with Gasteiger partial charge in [0.05, 0.1) is 12.0 Å². The highest BCUT2D eigenvalue weighted by Crippen LogP contribution is 2.23. The number of hydrogen-bond acceptors (Lipinski definition) is 4. The quantitative estimate of drug-likeness (QED) is 0.808. The molecule has 1 saturated heterocycles. The van der Waals surface area contributed by atoms with E-state index in [4.69, 9.17) is 4.74 Å². The van der Waals surface area contributed by atoms with Gasteiger partial charge in [-0.25, -0.2) is 13.1 Å². The summed E-state index contributed by atoms with van der Waals surface area (Å²) in [5.74, 6) is 0.893. The number of likely N-dealkylation sites (tertiary alicyclic amines) is 1. The number of amides is 1. The molecule has 1 N–H and O–H groups in total. The van der Waals surface area contributed by atoms with E-state index < -0.39 is 10.0 Å². The Balaban J connectivity index is 1.57. The van der Waals surface area contributed by atoms with Gasteiger partial charge in [0.25, 0.3) is 0 Å². The van der Waals surface area contributed by atoms with Crippen molar-refractivity contribution in [3.8, 4) is 5.75 Å². The first-order valence-corrected chi connectivity index (χ1v) is 11.1. The lowest BCUT2D eigenvalue weighted by molar-refractivity contribution is -0.129. The molecule has 1 fully saturated rings. The summed E-state index contributed by atoms with van der Waals surface area (Å²) in [5, 5.41) is 0. The predicted molar refractivity (Wildman–Crippen MR) is 104 cm³/mol. The van der Waals surface area contributed by atoms with E-state index >= 15 is 0 Å². The van der Waals surface area contributed by atoms with Gasteiger partial charge < -0.3 is 9.64 Å². The van der Waals surface area contributed by atoms with E-state index in [1.807, 2.05) is 4.90 Å². The summed E-state index contributed by atoms with van der Waals surface area (Å²) in [6.45, 7) is 1.72. The van der Waals surface area contributed by atoms with Crippen LogP contribution in [-0.4, -0.2) is 46.0 Å². The van der Waals surface area contributed by atoms with E-state index in [0.717, 1.165) is 50.6 Å². The Bertz CT molecular complexity index is 787. The van der Waals surface area contributed by atoms with Crippen LogP contribution in [0, 0.1) is 5.92 Å². The zero-order valence-electron chi connectivity index (χ0n) is 15.8. The van der Waals surface area contributed by atoms with Crippen LogP contribution in [0.2, 0.25) is 0 Å². The van der Waals surface area contributed by atoms with Gasteiger partial charge in [0.2, 0.25) is 15.9 Å². The Morgan fingerprint density at radius 1 is 1.22 bits per heavy atom. The second-order valence-corrected chi connectivity index (χ2v) is 9.03. The lowest BCUT2D eigenvalue weighted by atomic mass is 9.95. The van der Waals surface area contributed by atoms with E-state index in [1.54, 1.807) is 19.2 Å². The summed E-state index contributed by atoms with van der Waals surface area (Å²) in [6, 6.07) is 6.34. The van der Waals surface area contributed by atoms with Crippen LogP contribution in [-0.2, 0) is 14.8 Å². The van der Waals surface area contributed by atoms with Crippen molar-refractivity contribution in [2.45, 2.75) is 43.4 Å². The maximum atomic E-state index is 12.7. The number of hydrogen-bond donors (Lipinski definition) is 1. The van der Waals surface area contributed by atoms with Crippen LogP contribution in [0.1, 0.15) is 38.5 Å². The van der Waals surface area contributed by atoms with Gasteiger partial charge in [0.1, 0.15) is 5.75 Å². The molecule has 0 bridgehead atoms.